The van der Waals surface area contributed by atoms with E-state index >= 15 is 0 Å². The number of hydrogen-bond acceptors (Lipinski definition) is 2. The fourth-order valence-corrected chi connectivity index (χ4v) is 3.44. The van der Waals surface area contributed by atoms with Crippen molar-refractivity contribution in [1.29, 1.82) is 0 Å². The van der Waals surface area contributed by atoms with Crippen LogP contribution in [0.3, 0.4) is 0 Å². The summed E-state index contributed by atoms with van der Waals surface area (Å²) in [5.74, 6) is -0.704. The molecule has 3 atom stereocenters. The predicted molar refractivity (Wildman–Crippen MR) is 50.7 cm³/mol. The van der Waals surface area contributed by atoms with Gasteiger partial charge >= 0.3 is 5.97 Å². The van der Waals surface area contributed by atoms with Crippen molar-refractivity contribution in [1.82, 2.24) is 0 Å². The number of carbonyl (C=O) groups is 2. The number of carboxylic acids is 1. The minimum Gasteiger partial charge on any atom is -0.481 e. The van der Waals surface area contributed by atoms with E-state index in [0.717, 1.165) is 0 Å². The molecule has 2 bridgehead atoms. The molecule has 0 aliphatic heterocycles. The Morgan fingerprint density at radius 2 is 2.07 bits per heavy atom. The fraction of sp³-hybridized carbons (Fsp3) is 0.818. The van der Waals surface area contributed by atoms with Crippen LogP contribution in [0.25, 0.3) is 0 Å². The van der Waals surface area contributed by atoms with Crippen LogP contribution in [0.4, 0.5) is 0 Å². The number of aliphatic carboxylic acids is 1. The summed E-state index contributed by atoms with van der Waals surface area (Å²) in [7, 11) is 0. The molecule has 3 aliphatic rings. The lowest BCUT2D eigenvalue weighted by Gasteiger charge is -2.65. The second-order valence-electron chi connectivity index (χ2n) is 5.29. The van der Waals surface area contributed by atoms with Crippen molar-refractivity contribution in [3.05, 3.63) is 0 Å². The van der Waals surface area contributed by atoms with Crippen LogP contribution in [0, 0.1) is 22.7 Å². The summed E-state index contributed by atoms with van der Waals surface area (Å²) in [5.41, 5.74) is -1.00. The van der Waals surface area contributed by atoms with Crippen LogP contribution in [-0.4, -0.2) is 16.9 Å². The van der Waals surface area contributed by atoms with E-state index in [1.165, 1.54) is 0 Å². The lowest BCUT2D eigenvalue weighted by atomic mass is 9.36. The van der Waals surface area contributed by atoms with E-state index in [4.69, 9.17) is 0 Å². The normalized spacial score (nSPS) is 44.4. The first-order chi connectivity index (χ1) is 6.34. The van der Waals surface area contributed by atoms with Gasteiger partial charge in [-0.05, 0) is 17.8 Å². The van der Waals surface area contributed by atoms with Crippen LogP contribution in [0.2, 0.25) is 0 Å². The molecule has 3 fully saturated rings. The molecule has 0 saturated heterocycles. The summed E-state index contributed by atoms with van der Waals surface area (Å²) in [6, 6.07) is 0. The summed E-state index contributed by atoms with van der Waals surface area (Å²) in [6.45, 7) is 5.74. The van der Waals surface area contributed by atoms with Crippen LogP contribution in [0.5, 0.6) is 0 Å². The highest BCUT2D eigenvalue weighted by molar-refractivity contribution is 5.92. The Morgan fingerprint density at radius 3 is 2.43 bits per heavy atom. The molecule has 0 amide bonds. The topological polar surface area (TPSA) is 54.4 Å². The SMILES string of the molecule is CC1C(=O)CC2C[C@@]1(C(=O)O)C2(C)C. The molecule has 0 radical (unpaired) electrons. The highest BCUT2D eigenvalue weighted by Gasteiger charge is 2.71. The van der Waals surface area contributed by atoms with E-state index in [0.29, 0.717) is 12.8 Å². The van der Waals surface area contributed by atoms with Crippen molar-refractivity contribution in [3.63, 3.8) is 0 Å². The average Bonchev–Trinajstić information content (AvgIpc) is 2.07. The van der Waals surface area contributed by atoms with E-state index in [2.05, 4.69) is 0 Å². The second-order valence-corrected chi connectivity index (χ2v) is 5.29. The zero-order chi connectivity index (χ0) is 10.7. The van der Waals surface area contributed by atoms with Crippen molar-refractivity contribution >= 4 is 11.8 Å². The first kappa shape index (κ1) is 9.69. The largest absolute Gasteiger partial charge is 0.481 e. The predicted octanol–water partition coefficient (Wildman–Crippen LogP) is 1.71. The summed E-state index contributed by atoms with van der Waals surface area (Å²) in [5, 5.41) is 9.31. The van der Waals surface area contributed by atoms with Gasteiger partial charge in [-0.1, -0.05) is 20.8 Å². The molecule has 14 heavy (non-hydrogen) atoms. The average molecular weight is 196 g/mol. The number of hydrogen-bond donors (Lipinski definition) is 1. The van der Waals surface area contributed by atoms with Crippen LogP contribution in [0.1, 0.15) is 33.6 Å². The van der Waals surface area contributed by atoms with Crippen LogP contribution in [-0.2, 0) is 9.59 Å². The molecular weight excluding hydrogens is 180 g/mol. The van der Waals surface area contributed by atoms with Gasteiger partial charge in [0.25, 0.3) is 0 Å². The van der Waals surface area contributed by atoms with Gasteiger partial charge in [-0.3, -0.25) is 9.59 Å². The van der Waals surface area contributed by atoms with Crippen molar-refractivity contribution < 1.29 is 14.7 Å². The minimum atomic E-state index is -0.792. The van der Waals surface area contributed by atoms with Gasteiger partial charge in [-0.2, -0.15) is 0 Å². The molecule has 0 heterocycles. The number of rotatable bonds is 1. The fourth-order valence-electron chi connectivity index (χ4n) is 3.44. The van der Waals surface area contributed by atoms with Crippen LogP contribution in [0.15, 0.2) is 0 Å². The minimum absolute atomic E-state index is 0.128. The molecule has 2 unspecified atom stereocenters. The van der Waals surface area contributed by atoms with Crippen molar-refractivity contribution in [3.8, 4) is 0 Å². The van der Waals surface area contributed by atoms with Gasteiger partial charge in [-0.25, -0.2) is 0 Å². The molecule has 0 aromatic heterocycles. The number of carboxylic acid groups (broad SMARTS) is 1. The summed E-state index contributed by atoms with van der Waals surface area (Å²) >= 11 is 0. The Kier molecular flexibility index (Phi) is 1.65. The number of ketones is 1. The van der Waals surface area contributed by atoms with E-state index in [9.17, 15) is 14.7 Å². The third-order valence-electron chi connectivity index (χ3n) is 4.79. The Bertz CT molecular complexity index is 318. The van der Waals surface area contributed by atoms with E-state index in [1.54, 1.807) is 6.92 Å². The molecule has 1 N–H and O–H groups in total. The maximum absolute atomic E-state index is 11.6. The summed E-state index contributed by atoms with van der Waals surface area (Å²) in [4.78, 5) is 22.9. The van der Waals surface area contributed by atoms with Crippen molar-refractivity contribution in [2.24, 2.45) is 22.7 Å². The first-order valence-electron chi connectivity index (χ1n) is 5.10. The molecular formula is C11H16O3. The van der Waals surface area contributed by atoms with Gasteiger partial charge in [0.1, 0.15) is 5.78 Å². The van der Waals surface area contributed by atoms with E-state index in [-0.39, 0.29) is 23.0 Å². The summed E-state index contributed by atoms with van der Waals surface area (Å²) < 4.78 is 0. The van der Waals surface area contributed by atoms with Crippen LogP contribution >= 0.6 is 0 Å². The smallest absolute Gasteiger partial charge is 0.310 e. The van der Waals surface area contributed by atoms with Gasteiger partial charge in [0, 0.05) is 12.3 Å². The maximum Gasteiger partial charge on any atom is 0.310 e. The van der Waals surface area contributed by atoms with Gasteiger partial charge in [-0.15, -0.1) is 0 Å². The van der Waals surface area contributed by atoms with E-state index < -0.39 is 11.4 Å². The third kappa shape index (κ3) is 0.748. The third-order valence-corrected chi connectivity index (χ3v) is 4.79. The maximum atomic E-state index is 11.6. The molecule has 3 rings (SSSR count). The van der Waals surface area contributed by atoms with Gasteiger partial charge < -0.3 is 5.11 Å². The molecule has 0 spiro atoms. The molecule has 3 nitrogen and oxygen atoms in total. The number of carbonyl (C=O) groups excluding carboxylic acids is 1. The molecule has 3 aliphatic carbocycles. The monoisotopic (exact) mass is 196 g/mol. The van der Waals surface area contributed by atoms with Crippen LogP contribution < -0.4 is 0 Å². The van der Waals surface area contributed by atoms with Gasteiger partial charge in [0.15, 0.2) is 0 Å². The highest BCUT2D eigenvalue weighted by atomic mass is 16.4. The zero-order valence-corrected chi connectivity index (χ0v) is 8.83. The first-order valence-corrected chi connectivity index (χ1v) is 5.10. The molecule has 0 aromatic carbocycles. The van der Waals surface area contributed by atoms with E-state index in [1.807, 2.05) is 13.8 Å². The van der Waals surface area contributed by atoms with Gasteiger partial charge in [0.05, 0.1) is 5.41 Å². The van der Waals surface area contributed by atoms with Crippen molar-refractivity contribution in [2.45, 2.75) is 33.6 Å². The molecule has 78 valence electrons. The number of Topliss-reactive ketones (excluding diaryl/α,β-unsaturated/α-hetero) is 1. The molecule has 3 heteroatoms. The summed E-state index contributed by atoms with van der Waals surface area (Å²) in [6.07, 6.45) is 1.26. The molecule has 3 saturated carbocycles. The lowest BCUT2D eigenvalue weighted by Crippen LogP contribution is -2.67. The quantitative estimate of drug-likeness (QED) is 0.694. The Balaban J connectivity index is 2.46. The van der Waals surface area contributed by atoms with Crippen molar-refractivity contribution in [2.75, 3.05) is 0 Å². The standard InChI is InChI=1S/C11H16O3/c1-6-8(12)4-7-5-11(6,9(13)14)10(7,2)3/h6-7H,4-5H2,1-3H3,(H,13,14)/t6?,7?,11-/m1/s1. The molecule has 0 aromatic rings. The Labute approximate surface area is 83.5 Å². The van der Waals surface area contributed by atoms with Gasteiger partial charge in [0.2, 0.25) is 0 Å². The zero-order valence-electron chi connectivity index (χ0n) is 8.83. The Hall–Kier alpha value is -0.860. The lowest BCUT2D eigenvalue weighted by molar-refractivity contribution is -0.214. The Morgan fingerprint density at radius 1 is 1.50 bits per heavy atom. The second kappa shape index (κ2) is 2.38. The number of fused-ring (bicyclic) bond motifs is 2. The highest BCUT2D eigenvalue weighted by Crippen LogP contribution is 2.68.